The third-order valence-electron chi connectivity index (χ3n) is 5.93. The quantitative estimate of drug-likeness (QED) is 0.372. The van der Waals surface area contributed by atoms with Crippen LogP contribution in [0, 0.1) is 0 Å². The van der Waals surface area contributed by atoms with E-state index in [1.54, 1.807) is 52.1 Å². The monoisotopic (exact) mass is 503 g/mol. The SMILES string of the molecule is CCC(c1nc2ncccc2c(=O)n1Cc1ccccc1)N(CC(C)(C)N)C(=O)c1ccc(Cl)cc1. The van der Waals surface area contributed by atoms with Gasteiger partial charge in [-0.2, -0.15) is 0 Å². The van der Waals surface area contributed by atoms with E-state index in [4.69, 9.17) is 22.3 Å². The summed E-state index contributed by atoms with van der Waals surface area (Å²) in [4.78, 5) is 38.4. The zero-order valence-electron chi connectivity index (χ0n) is 20.7. The number of nitrogens with two attached hydrogens (primary N) is 1. The molecule has 1 unspecified atom stereocenters. The summed E-state index contributed by atoms with van der Waals surface area (Å²) in [6.45, 7) is 6.29. The highest BCUT2D eigenvalue weighted by Gasteiger charge is 2.32. The van der Waals surface area contributed by atoms with E-state index in [0.717, 1.165) is 5.56 Å². The fraction of sp³-hybridized carbons (Fsp3) is 0.286. The molecule has 0 fully saturated rings. The first-order chi connectivity index (χ1) is 17.2. The van der Waals surface area contributed by atoms with E-state index in [0.29, 0.717) is 40.4 Å². The number of nitrogens with zero attached hydrogens (tertiary/aromatic N) is 4. The number of benzene rings is 2. The zero-order chi connectivity index (χ0) is 25.9. The molecule has 0 saturated heterocycles. The van der Waals surface area contributed by atoms with Crippen LogP contribution < -0.4 is 11.3 Å². The van der Waals surface area contributed by atoms with Crippen LogP contribution >= 0.6 is 11.6 Å². The lowest BCUT2D eigenvalue weighted by atomic mass is 10.0. The van der Waals surface area contributed by atoms with Crippen molar-refractivity contribution in [1.82, 2.24) is 19.4 Å². The Bertz CT molecular complexity index is 1410. The molecule has 2 heterocycles. The predicted octanol–water partition coefficient (Wildman–Crippen LogP) is 4.82. The van der Waals surface area contributed by atoms with Crippen molar-refractivity contribution in [1.29, 1.82) is 0 Å². The van der Waals surface area contributed by atoms with Gasteiger partial charge in [-0.05, 0) is 62.2 Å². The second-order valence-electron chi connectivity index (χ2n) is 9.57. The first-order valence-electron chi connectivity index (χ1n) is 11.9. The number of pyridine rings is 1. The van der Waals surface area contributed by atoms with Crippen molar-refractivity contribution in [3.8, 4) is 0 Å². The van der Waals surface area contributed by atoms with Crippen molar-refractivity contribution in [3.05, 3.63) is 105 Å². The topological polar surface area (TPSA) is 94.1 Å². The van der Waals surface area contributed by atoms with Crippen LogP contribution in [0.4, 0.5) is 0 Å². The minimum atomic E-state index is -0.685. The second-order valence-corrected chi connectivity index (χ2v) is 10.0. The molecule has 2 N–H and O–H groups in total. The number of carbonyl (C=O) groups is 1. The Morgan fingerprint density at radius 1 is 1.08 bits per heavy atom. The Hall–Kier alpha value is -3.55. The van der Waals surface area contributed by atoms with Gasteiger partial charge in [0.1, 0.15) is 5.82 Å². The van der Waals surface area contributed by atoms with E-state index < -0.39 is 11.6 Å². The van der Waals surface area contributed by atoms with Gasteiger partial charge < -0.3 is 10.6 Å². The fourth-order valence-electron chi connectivity index (χ4n) is 4.31. The molecule has 0 saturated carbocycles. The number of amides is 1. The molecule has 0 aliphatic carbocycles. The highest BCUT2D eigenvalue weighted by molar-refractivity contribution is 6.30. The molecule has 36 heavy (non-hydrogen) atoms. The highest BCUT2D eigenvalue weighted by Crippen LogP contribution is 2.27. The molecule has 0 spiro atoms. The lowest BCUT2D eigenvalue weighted by molar-refractivity contribution is 0.0612. The maximum atomic E-state index is 13.8. The van der Waals surface area contributed by atoms with E-state index in [-0.39, 0.29) is 18.0 Å². The van der Waals surface area contributed by atoms with E-state index in [2.05, 4.69) is 4.98 Å². The Labute approximate surface area is 215 Å². The predicted molar refractivity (Wildman–Crippen MR) is 143 cm³/mol. The van der Waals surface area contributed by atoms with E-state index in [1.165, 1.54) is 0 Å². The minimum Gasteiger partial charge on any atom is -0.327 e. The normalized spacial score (nSPS) is 12.5. The lowest BCUT2D eigenvalue weighted by Gasteiger charge is -2.36. The van der Waals surface area contributed by atoms with Gasteiger partial charge in [-0.15, -0.1) is 0 Å². The van der Waals surface area contributed by atoms with Gasteiger partial charge in [0.2, 0.25) is 0 Å². The first-order valence-corrected chi connectivity index (χ1v) is 12.3. The van der Waals surface area contributed by atoms with Crippen molar-refractivity contribution in [2.75, 3.05) is 6.54 Å². The number of hydrogen-bond donors (Lipinski definition) is 1. The second kappa shape index (κ2) is 10.6. The zero-order valence-corrected chi connectivity index (χ0v) is 21.4. The number of aromatic nitrogens is 3. The molecule has 1 amide bonds. The average molecular weight is 504 g/mol. The van der Waals surface area contributed by atoms with Gasteiger partial charge in [-0.25, -0.2) is 9.97 Å². The number of carbonyl (C=O) groups excluding carboxylic acids is 1. The molecule has 2 aromatic carbocycles. The smallest absolute Gasteiger partial charge is 0.263 e. The van der Waals surface area contributed by atoms with Gasteiger partial charge in [-0.3, -0.25) is 14.2 Å². The van der Waals surface area contributed by atoms with Gasteiger partial charge in [-0.1, -0.05) is 48.9 Å². The molecular formula is C28H30ClN5O2. The summed E-state index contributed by atoms with van der Waals surface area (Å²) in [5.74, 6) is 0.266. The standard InChI is InChI=1S/C28H30ClN5O2/c1-4-23(34(18-28(2,3)30)26(35)20-12-14-21(29)15-13-20)25-32-24-22(11-8-16-31-24)27(36)33(25)17-19-9-6-5-7-10-19/h5-16,23H,4,17-18,30H2,1-3H3. The van der Waals surface area contributed by atoms with E-state index >= 15 is 0 Å². The molecule has 1 atom stereocenters. The number of fused-ring (bicyclic) bond motifs is 1. The number of halogens is 1. The van der Waals surface area contributed by atoms with Crippen LogP contribution in [0.25, 0.3) is 11.0 Å². The van der Waals surface area contributed by atoms with Crippen LogP contribution in [0.5, 0.6) is 0 Å². The van der Waals surface area contributed by atoms with Crippen molar-refractivity contribution in [2.45, 2.75) is 45.3 Å². The van der Waals surface area contributed by atoms with Crippen molar-refractivity contribution in [2.24, 2.45) is 5.73 Å². The first kappa shape index (κ1) is 25.5. The van der Waals surface area contributed by atoms with Crippen LogP contribution in [0.3, 0.4) is 0 Å². The van der Waals surface area contributed by atoms with Crippen LogP contribution in [-0.2, 0) is 6.54 Å². The fourth-order valence-corrected chi connectivity index (χ4v) is 4.43. The average Bonchev–Trinajstić information content (AvgIpc) is 2.86. The molecule has 0 radical (unpaired) electrons. The Balaban J connectivity index is 1.90. The summed E-state index contributed by atoms with van der Waals surface area (Å²) in [7, 11) is 0. The molecule has 7 nitrogen and oxygen atoms in total. The largest absolute Gasteiger partial charge is 0.327 e. The molecule has 4 aromatic rings. The van der Waals surface area contributed by atoms with E-state index in [9.17, 15) is 9.59 Å². The van der Waals surface area contributed by atoms with Gasteiger partial charge in [0.25, 0.3) is 11.5 Å². The highest BCUT2D eigenvalue weighted by atomic mass is 35.5. The summed E-state index contributed by atoms with van der Waals surface area (Å²) < 4.78 is 1.65. The molecule has 4 rings (SSSR count). The Morgan fingerprint density at radius 3 is 2.42 bits per heavy atom. The van der Waals surface area contributed by atoms with Gasteiger partial charge in [0.15, 0.2) is 5.65 Å². The third kappa shape index (κ3) is 5.64. The maximum Gasteiger partial charge on any atom is 0.263 e. The molecule has 0 aliphatic heterocycles. The lowest BCUT2D eigenvalue weighted by Crippen LogP contribution is -2.50. The third-order valence-corrected chi connectivity index (χ3v) is 6.19. The van der Waals surface area contributed by atoms with Gasteiger partial charge >= 0.3 is 0 Å². The molecule has 2 aromatic heterocycles. The summed E-state index contributed by atoms with van der Waals surface area (Å²) in [6, 6.07) is 19.4. The van der Waals surface area contributed by atoms with Crippen molar-refractivity contribution in [3.63, 3.8) is 0 Å². The molecule has 0 aliphatic rings. The maximum absolute atomic E-state index is 13.8. The van der Waals surface area contributed by atoms with Gasteiger partial charge in [0.05, 0.1) is 18.0 Å². The Morgan fingerprint density at radius 2 is 1.78 bits per heavy atom. The summed E-state index contributed by atoms with van der Waals surface area (Å²) >= 11 is 6.06. The Kier molecular flexibility index (Phi) is 7.52. The summed E-state index contributed by atoms with van der Waals surface area (Å²) in [5.41, 5.74) is 7.32. The minimum absolute atomic E-state index is 0.198. The van der Waals surface area contributed by atoms with Crippen LogP contribution in [-0.4, -0.2) is 37.4 Å². The number of rotatable bonds is 8. The number of hydrogen-bond acceptors (Lipinski definition) is 5. The molecule has 8 heteroatoms. The van der Waals surface area contributed by atoms with Crippen molar-refractivity contribution >= 4 is 28.5 Å². The molecule has 0 bridgehead atoms. The van der Waals surface area contributed by atoms with Crippen LogP contribution in [0.2, 0.25) is 5.02 Å². The van der Waals surface area contributed by atoms with Gasteiger partial charge in [0, 0.05) is 28.9 Å². The van der Waals surface area contributed by atoms with Crippen LogP contribution in [0.1, 0.15) is 55.0 Å². The molecular weight excluding hydrogens is 474 g/mol. The summed E-state index contributed by atoms with van der Waals surface area (Å²) in [6.07, 6.45) is 2.13. The van der Waals surface area contributed by atoms with E-state index in [1.807, 2.05) is 51.1 Å². The van der Waals surface area contributed by atoms with Crippen LogP contribution in [0.15, 0.2) is 77.7 Å². The summed E-state index contributed by atoms with van der Waals surface area (Å²) in [5, 5.41) is 0.977. The van der Waals surface area contributed by atoms with Crippen molar-refractivity contribution < 1.29 is 4.79 Å². The molecule has 186 valence electrons.